The van der Waals surface area contributed by atoms with Crippen LogP contribution in [-0.4, -0.2) is 52.0 Å². The summed E-state index contributed by atoms with van der Waals surface area (Å²) in [5.74, 6) is -6.78. The monoisotopic (exact) mass is 653 g/mol. The van der Waals surface area contributed by atoms with Crippen molar-refractivity contribution in [3.63, 3.8) is 0 Å². The Morgan fingerprint density at radius 3 is 2.20 bits per heavy atom. The van der Waals surface area contributed by atoms with Gasteiger partial charge in [0.05, 0.1) is 18.2 Å². The van der Waals surface area contributed by atoms with Gasteiger partial charge in [0.15, 0.2) is 12.0 Å². The number of anilines is 1. The minimum atomic E-state index is -10.2. The molecule has 2 amide bonds. The van der Waals surface area contributed by atoms with Crippen molar-refractivity contribution >= 4 is 33.5 Å². The number of halogens is 8. The van der Waals surface area contributed by atoms with Crippen molar-refractivity contribution in [2.75, 3.05) is 11.4 Å². The fraction of sp³-hybridized carbons (Fsp3) is 0.444. The molecule has 1 aliphatic heterocycles. The van der Waals surface area contributed by atoms with Crippen LogP contribution >= 0.6 is 10.2 Å². The normalized spacial score (nSPS) is 22.3. The summed E-state index contributed by atoms with van der Waals surface area (Å²) < 4.78 is 109. The van der Waals surface area contributed by atoms with Crippen LogP contribution in [0, 0.1) is 22.7 Å². The first-order chi connectivity index (χ1) is 20.0. The number of hydrogen-bond acceptors (Lipinski definition) is 6. The van der Waals surface area contributed by atoms with Gasteiger partial charge in [-0.25, -0.2) is 13.2 Å². The minimum Gasteiger partial charge on any atom is -0.351 e. The molecule has 2 aliphatic rings. The van der Waals surface area contributed by atoms with E-state index in [2.05, 4.69) is 10.3 Å². The van der Waals surface area contributed by atoms with Crippen LogP contribution in [0.3, 0.4) is 0 Å². The maximum absolute atomic E-state index is 14.4. The van der Waals surface area contributed by atoms with Crippen molar-refractivity contribution in [2.24, 2.45) is 5.41 Å². The molecule has 240 valence electrons. The second-order valence-electron chi connectivity index (χ2n) is 11.4. The van der Waals surface area contributed by atoms with Crippen LogP contribution in [-0.2, 0) is 14.4 Å². The lowest BCUT2D eigenvalue weighted by atomic mass is 9.82. The van der Waals surface area contributed by atoms with Crippen LogP contribution in [0.4, 0.5) is 38.3 Å². The average Bonchev–Trinajstić information content (AvgIpc) is 3.14. The van der Waals surface area contributed by atoms with Gasteiger partial charge in [-0.1, -0.05) is 33.3 Å². The molecule has 1 saturated carbocycles. The Hall–Kier alpha value is -3.94. The SMILES string of the molecule is CC1(C)C(=O)CN(C#N)[C@H]1C(=O)N(c1ccc(S(F)(F)(F)(F)F)cc1)C(C(=O)NC1CCC(F)(F)CC1)c1cncc(F)c1. The second kappa shape index (κ2) is 10.3. The van der Waals surface area contributed by atoms with Gasteiger partial charge in [-0.05, 0) is 43.2 Å². The third-order valence-corrected chi connectivity index (χ3v) is 8.96. The molecule has 1 aliphatic carbocycles. The number of ketones is 1. The Morgan fingerprint density at radius 1 is 1.09 bits per heavy atom. The molecule has 1 saturated heterocycles. The third-order valence-electron chi connectivity index (χ3n) is 7.80. The van der Waals surface area contributed by atoms with E-state index in [0.717, 1.165) is 23.4 Å². The van der Waals surface area contributed by atoms with Gasteiger partial charge in [0.25, 0.3) is 5.91 Å². The number of carbonyl (C=O) groups is 3. The maximum atomic E-state index is 14.4. The largest absolute Gasteiger partial charge is 0.351 e. The van der Waals surface area contributed by atoms with E-state index in [1.54, 1.807) is 6.19 Å². The number of pyridine rings is 1. The number of alkyl halides is 2. The van der Waals surface area contributed by atoms with Crippen LogP contribution < -0.4 is 10.2 Å². The molecule has 1 N–H and O–H groups in total. The number of amides is 2. The molecule has 44 heavy (non-hydrogen) atoms. The first-order valence-electron chi connectivity index (χ1n) is 13.2. The molecule has 1 aromatic carbocycles. The van der Waals surface area contributed by atoms with Crippen molar-refractivity contribution in [3.8, 4) is 6.19 Å². The van der Waals surface area contributed by atoms with Crippen LogP contribution in [0.5, 0.6) is 0 Å². The summed E-state index contributed by atoms with van der Waals surface area (Å²) in [6.45, 7) is 2.13. The number of nitrogens with one attached hydrogen (secondary N) is 1. The number of hydrogen-bond donors (Lipinski definition) is 1. The van der Waals surface area contributed by atoms with E-state index in [4.69, 9.17) is 0 Å². The molecule has 0 bridgehead atoms. The number of nitriles is 1. The van der Waals surface area contributed by atoms with Crippen LogP contribution in [0.15, 0.2) is 47.6 Å². The van der Waals surface area contributed by atoms with Crippen molar-refractivity contribution in [1.82, 2.24) is 15.2 Å². The molecule has 8 nitrogen and oxygen atoms in total. The molecule has 4 rings (SSSR count). The molecule has 2 fully saturated rings. The van der Waals surface area contributed by atoms with Gasteiger partial charge < -0.3 is 5.32 Å². The Bertz CT molecular complexity index is 1520. The summed E-state index contributed by atoms with van der Waals surface area (Å²) in [4.78, 5) is 43.6. The molecule has 1 aromatic heterocycles. The first-order valence-corrected chi connectivity index (χ1v) is 15.1. The van der Waals surface area contributed by atoms with Gasteiger partial charge in [-0.3, -0.25) is 29.2 Å². The zero-order valence-electron chi connectivity index (χ0n) is 23.3. The highest BCUT2D eigenvalue weighted by Crippen LogP contribution is 3.02. The molecule has 0 spiro atoms. The lowest BCUT2D eigenvalue weighted by Crippen LogP contribution is -2.55. The highest BCUT2D eigenvalue weighted by molar-refractivity contribution is 8.45. The van der Waals surface area contributed by atoms with Gasteiger partial charge in [0.1, 0.15) is 22.8 Å². The predicted molar refractivity (Wildman–Crippen MR) is 143 cm³/mol. The predicted octanol–water partition coefficient (Wildman–Crippen LogP) is 6.41. The van der Waals surface area contributed by atoms with Crippen LogP contribution in [0.25, 0.3) is 0 Å². The number of rotatable bonds is 7. The Balaban J connectivity index is 1.88. The van der Waals surface area contributed by atoms with Gasteiger partial charge in [-0.15, -0.1) is 0 Å². The van der Waals surface area contributed by atoms with Gasteiger partial charge in [-0.2, -0.15) is 5.26 Å². The highest BCUT2D eigenvalue weighted by atomic mass is 32.5. The van der Waals surface area contributed by atoms with Gasteiger partial charge in [0, 0.05) is 36.3 Å². The number of nitrogens with zero attached hydrogens (tertiary/aromatic N) is 4. The van der Waals surface area contributed by atoms with E-state index in [0.29, 0.717) is 17.0 Å². The molecule has 2 aromatic rings. The molecule has 2 atom stereocenters. The summed E-state index contributed by atoms with van der Waals surface area (Å²) in [5, 5.41) is 12.2. The fourth-order valence-electron chi connectivity index (χ4n) is 5.39. The second-order valence-corrected chi connectivity index (χ2v) is 13.8. The average molecular weight is 654 g/mol. The minimum absolute atomic E-state index is 0.00613. The quantitative estimate of drug-likeness (QED) is 0.274. The molecule has 17 heteroatoms. The Morgan fingerprint density at radius 2 is 1.68 bits per heavy atom. The number of carbonyl (C=O) groups excluding carboxylic acids is 3. The highest BCUT2D eigenvalue weighted by Gasteiger charge is 2.65. The summed E-state index contributed by atoms with van der Waals surface area (Å²) in [6, 6.07) is -2.61. The van der Waals surface area contributed by atoms with E-state index in [1.165, 1.54) is 13.8 Å². The number of aromatic nitrogens is 1. The van der Waals surface area contributed by atoms with Crippen molar-refractivity contribution in [2.45, 2.75) is 68.5 Å². The molecule has 2 heterocycles. The van der Waals surface area contributed by atoms with E-state index in [1.807, 2.05) is 0 Å². The smallest absolute Gasteiger partial charge is 0.310 e. The first kappa shape index (κ1) is 33.0. The van der Waals surface area contributed by atoms with Crippen molar-refractivity contribution in [3.05, 3.63) is 54.1 Å². The zero-order valence-corrected chi connectivity index (χ0v) is 24.1. The van der Waals surface area contributed by atoms with Crippen molar-refractivity contribution < 1.29 is 47.0 Å². The lowest BCUT2D eigenvalue weighted by Gasteiger charge is -2.41. The topological polar surface area (TPSA) is 106 Å². The lowest BCUT2D eigenvalue weighted by molar-refractivity contribution is -0.132. The van der Waals surface area contributed by atoms with E-state index >= 15 is 0 Å². The van der Waals surface area contributed by atoms with Gasteiger partial charge in [0.2, 0.25) is 11.8 Å². The van der Waals surface area contributed by atoms with Gasteiger partial charge >= 0.3 is 10.2 Å². The van der Waals surface area contributed by atoms with E-state index in [-0.39, 0.29) is 30.5 Å². The molecular formula is C27H27F8N5O3S. The molecular weight excluding hydrogens is 626 g/mol. The third kappa shape index (κ3) is 6.74. The zero-order chi connectivity index (χ0) is 32.9. The number of benzene rings is 1. The van der Waals surface area contributed by atoms with Crippen LogP contribution in [0.2, 0.25) is 0 Å². The standard InChI is InChI=1S/C27H27F8N5O3S/c1-26(2)21(41)14-39(15-36)23(26)25(43)40(19-3-5-20(6-4-19)44(31,32,33,34)35)22(16-11-17(28)13-37-12-16)24(42)38-18-7-9-27(29,30)10-8-18/h3-6,11-13,18,22-23H,7-10,14H2,1-2H3,(H,38,42)/t22?,23-/m0/s1. The Labute approximate surface area is 246 Å². The summed E-state index contributed by atoms with van der Waals surface area (Å²) >= 11 is 0. The number of Topliss-reactive ketones (excluding diaryl/α,β-unsaturated/α-hetero) is 1. The summed E-state index contributed by atoms with van der Waals surface area (Å²) in [7, 11) is -10.2. The fourth-order valence-corrected chi connectivity index (χ4v) is 6.04. The van der Waals surface area contributed by atoms with Crippen LogP contribution in [0.1, 0.15) is 51.1 Å². The van der Waals surface area contributed by atoms with Crippen molar-refractivity contribution in [1.29, 1.82) is 5.26 Å². The van der Waals surface area contributed by atoms with E-state index in [9.17, 15) is 52.2 Å². The number of likely N-dealkylation sites (tertiary alicyclic amines) is 1. The molecule has 0 radical (unpaired) electrons. The summed E-state index contributed by atoms with van der Waals surface area (Å²) in [5.41, 5.74) is -2.45. The molecule has 1 unspecified atom stereocenters. The maximum Gasteiger partial charge on any atom is 0.310 e. The Kier molecular flexibility index (Phi) is 7.73. The van der Waals surface area contributed by atoms with E-state index < -0.39 is 93.1 Å². The summed E-state index contributed by atoms with van der Waals surface area (Å²) in [6.07, 6.45) is 1.93.